The maximum absolute atomic E-state index is 13.0. The highest BCUT2D eigenvalue weighted by atomic mass is 16.2. The normalized spacial score (nSPS) is 21.6. The van der Waals surface area contributed by atoms with Crippen molar-refractivity contribution >= 4 is 11.8 Å². The highest BCUT2D eigenvalue weighted by Crippen LogP contribution is 2.31. The van der Waals surface area contributed by atoms with Crippen molar-refractivity contribution in [3.05, 3.63) is 35.9 Å². The van der Waals surface area contributed by atoms with E-state index in [-0.39, 0.29) is 23.8 Å². The molecule has 1 saturated heterocycles. The lowest BCUT2D eigenvalue weighted by molar-refractivity contribution is -0.138. The fourth-order valence-electron chi connectivity index (χ4n) is 3.48. The summed E-state index contributed by atoms with van der Waals surface area (Å²) in [5.74, 6) is 0.115. The van der Waals surface area contributed by atoms with Crippen LogP contribution in [-0.2, 0) is 16.1 Å². The molecule has 2 amide bonds. The summed E-state index contributed by atoms with van der Waals surface area (Å²) in [5, 5.41) is 0. The standard InChI is InChI=1S/C19H26N2O2/c1-14(2)20(12-15-7-4-3-5-8-15)19(23)16-11-18(22)21(13-16)17-9-6-10-17/h3-5,7-8,14,16-17H,6,9-13H2,1-2H3. The highest BCUT2D eigenvalue weighted by molar-refractivity contribution is 5.89. The molecule has 1 aliphatic carbocycles. The van der Waals surface area contributed by atoms with Gasteiger partial charge in [-0.15, -0.1) is 0 Å². The molecule has 0 bridgehead atoms. The van der Waals surface area contributed by atoms with Crippen molar-refractivity contribution in [1.29, 1.82) is 0 Å². The number of likely N-dealkylation sites (tertiary alicyclic amines) is 1. The van der Waals surface area contributed by atoms with Crippen LogP contribution in [0.15, 0.2) is 30.3 Å². The Morgan fingerprint density at radius 1 is 1.26 bits per heavy atom. The lowest BCUT2D eigenvalue weighted by atomic mass is 9.92. The molecule has 4 heteroatoms. The largest absolute Gasteiger partial charge is 0.339 e. The van der Waals surface area contributed by atoms with E-state index in [1.807, 2.05) is 54.0 Å². The van der Waals surface area contributed by atoms with Gasteiger partial charge in [0.1, 0.15) is 0 Å². The summed E-state index contributed by atoms with van der Waals surface area (Å²) < 4.78 is 0. The van der Waals surface area contributed by atoms with Crippen LogP contribution in [-0.4, -0.2) is 40.2 Å². The smallest absolute Gasteiger partial charge is 0.228 e. The molecule has 1 heterocycles. The topological polar surface area (TPSA) is 40.6 Å². The van der Waals surface area contributed by atoms with Crippen LogP contribution in [0, 0.1) is 5.92 Å². The Morgan fingerprint density at radius 2 is 1.96 bits per heavy atom. The van der Waals surface area contributed by atoms with E-state index in [4.69, 9.17) is 0 Å². The van der Waals surface area contributed by atoms with Crippen LogP contribution in [0.4, 0.5) is 0 Å². The summed E-state index contributed by atoms with van der Waals surface area (Å²) in [4.78, 5) is 29.1. The number of nitrogens with zero attached hydrogens (tertiary/aromatic N) is 2. The van der Waals surface area contributed by atoms with Gasteiger partial charge >= 0.3 is 0 Å². The van der Waals surface area contributed by atoms with Crippen LogP contribution in [0.3, 0.4) is 0 Å². The average Bonchev–Trinajstić information content (AvgIpc) is 2.85. The van der Waals surface area contributed by atoms with Gasteiger partial charge in [-0.25, -0.2) is 0 Å². The van der Waals surface area contributed by atoms with Crippen molar-refractivity contribution in [2.45, 2.75) is 58.2 Å². The third-order valence-corrected chi connectivity index (χ3v) is 5.13. The van der Waals surface area contributed by atoms with Gasteiger partial charge in [-0.2, -0.15) is 0 Å². The summed E-state index contributed by atoms with van der Waals surface area (Å²) in [7, 11) is 0. The van der Waals surface area contributed by atoms with Crippen molar-refractivity contribution in [2.75, 3.05) is 6.54 Å². The molecule has 1 aromatic carbocycles. The van der Waals surface area contributed by atoms with Gasteiger partial charge in [0, 0.05) is 31.6 Å². The second kappa shape index (κ2) is 6.73. The zero-order valence-corrected chi connectivity index (χ0v) is 14.1. The Labute approximate surface area is 138 Å². The van der Waals surface area contributed by atoms with E-state index in [1.165, 1.54) is 6.42 Å². The van der Waals surface area contributed by atoms with Crippen molar-refractivity contribution in [3.8, 4) is 0 Å². The molecule has 4 nitrogen and oxygen atoms in total. The summed E-state index contributed by atoms with van der Waals surface area (Å²) in [5.41, 5.74) is 1.13. The maximum atomic E-state index is 13.0. The predicted octanol–water partition coefficient (Wildman–Crippen LogP) is 2.82. The third kappa shape index (κ3) is 3.41. The van der Waals surface area contributed by atoms with Crippen LogP contribution < -0.4 is 0 Å². The van der Waals surface area contributed by atoms with Crippen molar-refractivity contribution in [3.63, 3.8) is 0 Å². The quantitative estimate of drug-likeness (QED) is 0.838. The fraction of sp³-hybridized carbons (Fsp3) is 0.579. The monoisotopic (exact) mass is 314 g/mol. The number of amides is 2. The molecule has 23 heavy (non-hydrogen) atoms. The van der Waals surface area contributed by atoms with Crippen molar-refractivity contribution in [1.82, 2.24) is 9.80 Å². The Hall–Kier alpha value is -1.84. The average molecular weight is 314 g/mol. The second-order valence-corrected chi connectivity index (χ2v) is 7.08. The van der Waals surface area contributed by atoms with Gasteiger partial charge < -0.3 is 9.80 Å². The Kier molecular flexibility index (Phi) is 4.69. The van der Waals surface area contributed by atoms with Crippen molar-refractivity contribution < 1.29 is 9.59 Å². The van der Waals surface area contributed by atoms with E-state index in [1.54, 1.807) is 0 Å². The SMILES string of the molecule is CC(C)N(Cc1ccccc1)C(=O)C1CC(=O)N(C2CCC2)C1. The number of benzene rings is 1. The van der Waals surface area contributed by atoms with Gasteiger partial charge in [0.25, 0.3) is 0 Å². The van der Waals surface area contributed by atoms with Crippen LogP contribution in [0.1, 0.15) is 45.1 Å². The minimum Gasteiger partial charge on any atom is -0.339 e. The van der Waals surface area contributed by atoms with Gasteiger partial charge in [0.15, 0.2) is 0 Å². The number of carbonyl (C=O) groups is 2. The Balaban J connectivity index is 1.68. The summed E-state index contributed by atoms with van der Waals surface area (Å²) in [6.45, 7) is 5.31. The first-order chi connectivity index (χ1) is 11.1. The van der Waals surface area contributed by atoms with Gasteiger partial charge in [0.05, 0.1) is 5.92 Å². The second-order valence-electron chi connectivity index (χ2n) is 7.08. The first-order valence-electron chi connectivity index (χ1n) is 8.70. The summed E-state index contributed by atoms with van der Waals surface area (Å²) in [6.07, 6.45) is 3.79. The molecule has 0 aromatic heterocycles. The molecule has 1 atom stereocenters. The fourth-order valence-corrected chi connectivity index (χ4v) is 3.48. The molecule has 1 unspecified atom stereocenters. The van der Waals surface area contributed by atoms with Gasteiger partial charge in [-0.05, 0) is 38.7 Å². The van der Waals surface area contributed by atoms with Crippen molar-refractivity contribution in [2.24, 2.45) is 5.92 Å². The van der Waals surface area contributed by atoms with Crippen LogP contribution in [0.2, 0.25) is 0 Å². The van der Waals surface area contributed by atoms with Crippen LogP contribution in [0.25, 0.3) is 0 Å². The number of hydrogen-bond donors (Lipinski definition) is 0. The van der Waals surface area contributed by atoms with Gasteiger partial charge in [-0.1, -0.05) is 30.3 Å². The minimum atomic E-state index is -0.172. The van der Waals surface area contributed by atoms with E-state index < -0.39 is 0 Å². The predicted molar refractivity (Wildman–Crippen MR) is 89.6 cm³/mol. The molecule has 2 aliphatic rings. The minimum absolute atomic E-state index is 0.124. The van der Waals surface area contributed by atoms with Gasteiger partial charge in [-0.3, -0.25) is 9.59 Å². The molecule has 3 rings (SSSR count). The summed E-state index contributed by atoms with van der Waals surface area (Å²) in [6, 6.07) is 10.6. The molecule has 124 valence electrons. The Bertz CT molecular complexity index is 566. The summed E-state index contributed by atoms with van der Waals surface area (Å²) >= 11 is 0. The first kappa shape index (κ1) is 16.0. The van der Waals surface area contributed by atoms with E-state index >= 15 is 0 Å². The highest BCUT2D eigenvalue weighted by Gasteiger charge is 2.41. The van der Waals surface area contributed by atoms with Gasteiger partial charge in [0.2, 0.25) is 11.8 Å². The van der Waals surface area contributed by atoms with E-state index in [2.05, 4.69) is 0 Å². The number of carbonyl (C=O) groups excluding carboxylic acids is 2. The molecule has 0 N–H and O–H groups in total. The zero-order chi connectivity index (χ0) is 16.4. The Morgan fingerprint density at radius 3 is 2.52 bits per heavy atom. The molecule has 1 saturated carbocycles. The number of rotatable bonds is 5. The maximum Gasteiger partial charge on any atom is 0.228 e. The van der Waals surface area contributed by atoms with E-state index in [0.717, 1.165) is 18.4 Å². The molecular weight excluding hydrogens is 288 g/mol. The third-order valence-electron chi connectivity index (χ3n) is 5.13. The van der Waals surface area contributed by atoms with E-state index in [0.29, 0.717) is 25.6 Å². The van der Waals surface area contributed by atoms with Crippen LogP contribution in [0.5, 0.6) is 0 Å². The first-order valence-corrected chi connectivity index (χ1v) is 8.70. The molecule has 0 spiro atoms. The molecule has 1 aromatic rings. The van der Waals surface area contributed by atoms with E-state index in [9.17, 15) is 9.59 Å². The molecular formula is C19H26N2O2. The lowest BCUT2D eigenvalue weighted by Gasteiger charge is -2.35. The lowest BCUT2D eigenvalue weighted by Crippen LogP contribution is -2.43. The zero-order valence-electron chi connectivity index (χ0n) is 14.1. The molecule has 2 fully saturated rings. The molecule has 1 aliphatic heterocycles. The molecule has 0 radical (unpaired) electrons. The van der Waals surface area contributed by atoms with Crippen LogP contribution >= 0.6 is 0 Å². The number of hydrogen-bond acceptors (Lipinski definition) is 2.